The fourth-order valence-electron chi connectivity index (χ4n) is 3.16. The smallest absolute Gasteiger partial charge is 0.207 e. The Morgan fingerprint density at radius 1 is 1.17 bits per heavy atom. The molecule has 1 unspecified atom stereocenters. The summed E-state index contributed by atoms with van der Waals surface area (Å²) < 4.78 is 27.8. The first-order valence-corrected chi connectivity index (χ1v) is 9.25. The number of sulfonamides is 1. The maximum atomic E-state index is 13.1. The van der Waals surface area contributed by atoms with Crippen LogP contribution in [-0.2, 0) is 16.4 Å². The van der Waals surface area contributed by atoms with Crippen LogP contribution in [0.4, 0.5) is 0 Å². The summed E-state index contributed by atoms with van der Waals surface area (Å²) in [6.45, 7) is 6.27. The summed E-state index contributed by atoms with van der Waals surface area (Å²) in [5, 5.41) is 0. The molecule has 23 heavy (non-hydrogen) atoms. The molecule has 0 saturated heterocycles. The number of aryl methyl sites for hydroxylation is 1. The zero-order chi connectivity index (χ0) is 16.4. The lowest BCUT2D eigenvalue weighted by atomic mass is 9.92. The van der Waals surface area contributed by atoms with Gasteiger partial charge in [0.2, 0.25) is 10.0 Å². The maximum absolute atomic E-state index is 13.1. The Hall–Kier alpha value is -1.91. The summed E-state index contributed by atoms with van der Waals surface area (Å²) in [7, 11) is -3.51. The minimum Gasteiger partial charge on any atom is -0.207 e. The van der Waals surface area contributed by atoms with Crippen LogP contribution in [-0.4, -0.2) is 19.3 Å². The summed E-state index contributed by atoms with van der Waals surface area (Å²) in [6, 6.07) is 15.0. The van der Waals surface area contributed by atoms with Crippen LogP contribution in [0.1, 0.15) is 29.2 Å². The molecule has 0 fully saturated rings. The molecular formula is C19H21NO2S. The van der Waals surface area contributed by atoms with Crippen LogP contribution in [0.25, 0.3) is 0 Å². The first-order valence-electron chi connectivity index (χ1n) is 7.81. The van der Waals surface area contributed by atoms with Gasteiger partial charge < -0.3 is 0 Å². The molecule has 0 bridgehead atoms. The number of hydrogen-bond acceptors (Lipinski definition) is 2. The average molecular weight is 327 g/mol. The minimum absolute atomic E-state index is 0.177. The molecule has 4 heteroatoms. The lowest BCUT2D eigenvalue weighted by molar-refractivity contribution is 0.309. The van der Waals surface area contributed by atoms with Crippen molar-refractivity contribution in [1.29, 1.82) is 0 Å². The number of fused-ring (bicyclic) bond motifs is 1. The van der Waals surface area contributed by atoms with Crippen molar-refractivity contribution < 1.29 is 8.42 Å². The Balaban J connectivity index is 2.04. The van der Waals surface area contributed by atoms with Gasteiger partial charge in [0, 0.05) is 6.54 Å². The van der Waals surface area contributed by atoms with Crippen molar-refractivity contribution in [3.05, 3.63) is 77.9 Å². The highest BCUT2D eigenvalue weighted by Crippen LogP contribution is 2.36. The first kappa shape index (κ1) is 16.0. The minimum atomic E-state index is -3.51. The third-order valence-electron chi connectivity index (χ3n) is 4.38. The normalized spacial score (nSPS) is 18.4. The van der Waals surface area contributed by atoms with E-state index in [1.807, 2.05) is 37.3 Å². The number of rotatable bonds is 4. The fraction of sp³-hybridized carbons (Fsp3) is 0.263. The first-order chi connectivity index (χ1) is 11.0. The molecule has 1 heterocycles. The molecule has 3 nitrogen and oxygen atoms in total. The maximum Gasteiger partial charge on any atom is 0.243 e. The monoisotopic (exact) mass is 327 g/mol. The SMILES string of the molecule is C=CCC1c2ccccc2CCN1S(=O)(=O)c1ccc(C)cc1. The van der Waals surface area contributed by atoms with Gasteiger partial charge in [-0.3, -0.25) is 0 Å². The van der Waals surface area contributed by atoms with Crippen molar-refractivity contribution >= 4 is 10.0 Å². The summed E-state index contributed by atoms with van der Waals surface area (Å²) in [5.74, 6) is 0. The molecule has 2 aromatic rings. The van der Waals surface area contributed by atoms with Gasteiger partial charge >= 0.3 is 0 Å². The van der Waals surface area contributed by atoms with Crippen LogP contribution < -0.4 is 0 Å². The van der Waals surface area contributed by atoms with Gasteiger partial charge in [-0.15, -0.1) is 6.58 Å². The number of nitrogens with zero attached hydrogens (tertiary/aromatic N) is 1. The Bertz CT molecular complexity index is 810. The van der Waals surface area contributed by atoms with E-state index in [9.17, 15) is 8.42 Å². The van der Waals surface area contributed by atoms with Gasteiger partial charge in [-0.25, -0.2) is 8.42 Å². The van der Waals surface area contributed by atoms with Crippen LogP contribution in [0.2, 0.25) is 0 Å². The molecule has 1 aliphatic rings. The second-order valence-electron chi connectivity index (χ2n) is 5.92. The molecule has 2 aromatic carbocycles. The number of hydrogen-bond donors (Lipinski definition) is 0. The van der Waals surface area contributed by atoms with Gasteiger partial charge in [0.05, 0.1) is 10.9 Å². The van der Waals surface area contributed by atoms with Crippen molar-refractivity contribution in [2.45, 2.75) is 30.7 Å². The number of benzene rings is 2. The average Bonchev–Trinajstić information content (AvgIpc) is 2.55. The molecule has 120 valence electrons. The molecule has 3 rings (SSSR count). The molecule has 1 atom stereocenters. The van der Waals surface area contributed by atoms with Crippen molar-refractivity contribution in [3.8, 4) is 0 Å². The van der Waals surface area contributed by atoms with Crippen LogP contribution in [0.5, 0.6) is 0 Å². The Labute approximate surface area is 138 Å². The highest BCUT2D eigenvalue weighted by molar-refractivity contribution is 7.89. The molecule has 0 spiro atoms. The molecule has 0 N–H and O–H groups in total. The summed E-state index contributed by atoms with van der Waals surface area (Å²) in [5.41, 5.74) is 3.37. The van der Waals surface area contributed by atoms with Crippen molar-refractivity contribution in [1.82, 2.24) is 4.31 Å². The zero-order valence-electron chi connectivity index (χ0n) is 13.3. The van der Waals surface area contributed by atoms with Crippen molar-refractivity contribution in [3.63, 3.8) is 0 Å². The lowest BCUT2D eigenvalue weighted by Gasteiger charge is -2.36. The van der Waals surface area contributed by atoms with E-state index in [0.29, 0.717) is 17.9 Å². The summed E-state index contributed by atoms with van der Waals surface area (Å²) >= 11 is 0. The Kier molecular flexibility index (Phi) is 4.37. The van der Waals surface area contributed by atoms with E-state index in [1.54, 1.807) is 22.5 Å². The predicted octanol–water partition coefficient (Wildman–Crippen LogP) is 3.86. The van der Waals surface area contributed by atoms with E-state index in [0.717, 1.165) is 17.5 Å². The standard InChI is InChI=1S/C19H21NO2S/c1-3-6-19-18-8-5-4-7-16(18)13-14-20(19)23(21,22)17-11-9-15(2)10-12-17/h3-5,7-12,19H,1,6,13-14H2,2H3. The molecule has 0 amide bonds. The van der Waals surface area contributed by atoms with E-state index in [2.05, 4.69) is 12.6 Å². The molecule has 1 aliphatic heterocycles. The zero-order valence-corrected chi connectivity index (χ0v) is 14.1. The Morgan fingerprint density at radius 3 is 2.57 bits per heavy atom. The van der Waals surface area contributed by atoms with Crippen LogP contribution in [0.3, 0.4) is 0 Å². The van der Waals surface area contributed by atoms with Gasteiger partial charge in [-0.05, 0) is 43.0 Å². The Morgan fingerprint density at radius 2 is 1.87 bits per heavy atom. The van der Waals surface area contributed by atoms with Crippen molar-refractivity contribution in [2.75, 3.05) is 6.54 Å². The fourth-order valence-corrected chi connectivity index (χ4v) is 4.78. The van der Waals surface area contributed by atoms with Gasteiger partial charge in [-0.2, -0.15) is 4.31 Å². The van der Waals surface area contributed by atoms with E-state index in [-0.39, 0.29) is 6.04 Å². The quantitative estimate of drug-likeness (QED) is 0.800. The van der Waals surface area contributed by atoms with Gasteiger partial charge in [-0.1, -0.05) is 48.0 Å². The van der Waals surface area contributed by atoms with Crippen molar-refractivity contribution in [2.24, 2.45) is 0 Å². The summed E-state index contributed by atoms with van der Waals surface area (Å²) in [6.07, 6.45) is 3.15. The van der Waals surface area contributed by atoms with E-state index >= 15 is 0 Å². The third kappa shape index (κ3) is 2.96. The molecule has 0 aliphatic carbocycles. The predicted molar refractivity (Wildman–Crippen MR) is 92.8 cm³/mol. The largest absolute Gasteiger partial charge is 0.243 e. The molecular weight excluding hydrogens is 306 g/mol. The van der Waals surface area contributed by atoms with E-state index < -0.39 is 10.0 Å². The van der Waals surface area contributed by atoms with Gasteiger partial charge in [0.1, 0.15) is 0 Å². The van der Waals surface area contributed by atoms with Gasteiger partial charge in [0.25, 0.3) is 0 Å². The molecule has 0 saturated carbocycles. The lowest BCUT2D eigenvalue weighted by Crippen LogP contribution is -2.39. The van der Waals surface area contributed by atoms with Crippen LogP contribution in [0.15, 0.2) is 66.1 Å². The second kappa shape index (κ2) is 6.30. The topological polar surface area (TPSA) is 37.4 Å². The summed E-state index contributed by atoms with van der Waals surface area (Å²) in [4.78, 5) is 0.358. The molecule has 0 aromatic heterocycles. The van der Waals surface area contributed by atoms with Crippen LogP contribution >= 0.6 is 0 Å². The second-order valence-corrected chi connectivity index (χ2v) is 7.81. The highest BCUT2D eigenvalue weighted by atomic mass is 32.2. The third-order valence-corrected chi connectivity index (χ3v) is 6.30. The van der Waals surface area contributed by atoms with Gasteiger partial charge in [0.15, 0.2) is 0 Å². The molecule has 0 radical (unpaired) electrons. The van der Waals surface area contributed by atoms with E-state index in [4.69, 9.17) is 0 Å². The highest BCUT2D eigenvalue weighted by Gasteiger charge is 2.35. The van der Waals surface area contributed by atoms with Crippen LogP contribution in [0, 0.1) is 6.92 Å². The van der Waals surface area contributed by atoms with E-state index in [1.165, 1.54) is 5.56 Å².